The van der Waals surface area contributed by atoms with E-state index in [0.29, 0.717) is 16.5 Å². The minimum atomic E-state index is -0.585. The summed E-state index contributed by atoms with van der Waals surface area (Å²) in [6.07, 6.45) is 1.70. The number of rotatable bonds is 6. The average Bonchev–Trinajstić information content (AvgIpc) is 2.73. The third-order valence-electron chi connectivity index (χ3n) is 4.06. The number of carbonyl (C=O) groups excluding carboxylic acids is 2. The monoisotopic (exact) mass is 411 g/mol. The number of benzene rings is 1. The number of hydrogen-bond acceptors (Lipinski definition) is 6. The fraction of sp³-hybridized carbons (Fsp3) is 0.250. The molecule has 3 aromatic rings. The minimum absolute atomic E-state index is 0.0790. The first kappa shape index (κ1) is 20.5. The van der Waals surface area contributed by atoms with Gasteiger partial charge in [-0.25, -0.2) is 4.68 Å². The van der Waals surface area contributed by atoms with Crippen LogP contribution in [0, 0.1) is 0 Å². The summed E-state index contributed by atoms with van der Waals surface area (Å²) in [5.41, 5.74) is 5.46. The number of amides is 2. The molecule has 0 radical (unpaired) electrons. The van der Waals surface area contributed by atoms with Crippen LogP contribution in [-0.4, -0.2) is 32.3 Å². The lowest BCUT2D eigenvalue weighted by atomic mass is 10.1. The first-order valence-corrected chi connectivity index (χ1v) is 10.2. The topological polar surface area (TPSA) is 106 Å². The SMILES string of the molecule is CC(C)n1nc(C(=O)NNC(=O)CSCc2ccccn2)c2ccccc2c1=O. The highest BCUT2D eigenvalue weighted by Gasteiger charge is 2.18. The van der Waals surface area contributed by atoms with Gasteiger partial charge in [0.25, 0.3) is 11.5 Å². The Labute approximate surface area is 171 Å². The molecule has 2 aromatic heterocycles. The van der Waals surface area contributed by atoms with Gasteiger partial charge in [0.05, 0.1) is 22.9 Å². The van der Waals surface area contributed by atoms with E-state index in [1.54, 1.807) is 30.5 Å². The van der Waals surface area contributed by atoms with Crippen LogP contribution < -0.4 is 16.4 Å². The van der Waals surface area contributed by atoms with Gasteiger partial charge < -0.3 is 0 Å². The second-order valence-corrected chi connectivity index (χ2v) is 7.54. The van der Waals surface area contributed by atoms with Crippen molar-refractivity contribution in [1.29, 1.82) is 0 Å². The zero-order chi connectivity index (χ0) is 20.8. The van der Waals surface area contributed by atoms with E-state index in [4.69, 9.17) is 0 Å². The lowest BCUT2D eigenvalue weighted by Crippen LogP contribution is -2.43. The maximum Gasteiger partial charge on any atom is 0.290 e. The Kier molecular flexibility index (Phi) is 6.61. The van der Waals surface area contributed by atoms with Gasteiger partial charge in [-0.2, -0.15) is 5.10 Å². The molecule has 2 N–H and O–H groups in total. The number of thioether (sulfide) groups is 1. The highest BCUT2D eigenvalue weighted by atomic mass is 32.2. The molecule has 3 rings (SSSR count). The molecule has 2 heterocycles. The van der Waals surface area contributed by atoms with Crippen molar-refractivity contribution in [2.45, 2.75) is 25.6 Å². The summed E-state index contributed by atoms with van der Waals surface area (Å²) in [7, 11) is 0. The molecular weight excluding hydrogens is 390 g/mol. The van der Waals surface area contributed by atoms with E-state index in [-0.39, 0.29) is 29.0 Å². The molecule has 0 aliphatic carbocycles. The van der Waals surface area contributed by atoms with E-state index in [0.717, 1.165) is 5.69 Å². The molecule has 0 aliphatic heterocycles. The minimum Gasteiger partial charge on any atom is -0.272 e. The Bertz CT molecular complexity index is 1080. The second kappa shape index (κ2) is 9.33. The van der Waals surface area contributed by atoms with Crippen LogP contribution in [0.2, 0.25) is 0 Å². The van der Waals surface area contributed by atoms with E-state index in [1.165, 1.54) is 16.4 Å². The Hall–Kier alpha value is -3.20. The summed E-state index contributed by atoms with van der Waals surface area (Å²) in [4.78, 5) is 41.4. The molecule has 0 saturated carbocycles. The van der Waals surface area contributed by atoms with E-state index in [9.17, 15) is 14.4 Å². The maximum atomic E-state index is 12.6. The number of nitrogens with zero attached hydrogens (tertiary/aromatic N) is 3. The van der Waals surface area contributed by atoms with Gasteiger partial charge in [-0.1, -0.05) is 24.3 Å². The lowest BCUT2D eigenvalue weighted by molar-refractivity contribution is -0.119. The predicted octanol–water partition coefficient (Wildman–Crippen LogP) is 2.07. The third kappa shape index (κ3) is 5.00. The van der Waals surface area contributed by atoms with Gasteiger partial charge in [0.1, 0.15) is 0 Å². The Morgan fingerprint density at radius 3 is 2.48 bits per heavy atom. The molecule has 0 saturated heterocycles. The first-order valence-electron chi connectivity index (χ1n) is 9.05. The molecule has 9 heteroatoms. The zero-order valence-electron chi connectivity index (χ0n) is 16.1. The number of pyridine rings is 1. The molecule has 0 atom stereocenters. The smallest absolute Gasteiger partial charge is 0.272 e. The van der Waals surface area contributed by atoms with Gasteiger partial charge >= 0.3 is 0 Å². The molecule has 0 aliphatic rings. The summed E-state index contributed by atoms with van der Waals surface area (Å²) in [6, 6.07) is 12.2. The summed E-state index contributed by atoms with van der Waals surface area (Å²) >= 11 is 1.39. The van der Waals surface area contributed by atoms with Crippen molar-refractivity contribution in [3.63, 3.8) is 0 Å². The van der Waals surface area contributed by atoms with E-state index in [1.807, 2.05) is 32.0 Å². The highest BCUT2D eigenvalue weighted by molar-refractivity contribution is 7.99. The van der Waals surface area contributed by atoms with Gasteiger partial charge in [-0.3, -0.25) is 30.2 Å². The molecule has 0 spiro atoms. The van der Waals surface area contributed by atoms with Crippen LogP contribution in [0.1, 0.15) is 36.1 Å². The van der Waals surface area contributed by atoms with Crippen molar-refractivity contribution in [2.24, 2.45) is 0 Å². The van der Waals surface area contributed by atoms with Crippen molar-refractivity contribution in [3.8, 4) is 0 Å². The third-order valence-corrected chi connectivity index (χ3v) is 5.02. The maximum absolute atomic E-state index is 12.6. The largest absolute Gasteiger partial charge is 0.290 e. The van der Waals surface area contributed by atoms with Crippen LogP contribution in [-0.2, 0) is 10.5 Å². The molecule has 0 bridgehead atoms. The first-order chi connectivity index (χ1) is 14.0. The normalized spacial score (nSPS) is 10.9. The molecule has 8 nitrogen and oxygen atoms in total. The highest BCUT2D eigenvalue weighted by Crippen LogP contribution is 2.14. The average molecular weight is 411 g/mol. The van der Waals surface area contributed by atoms with Gasteiger partial charge in [-0.05, 0) is 32.0 Å². The molecule has 29 heavy (non-hydrogen) atoms. The van der Waals surface area contributed by atoms with Crippen LogP contribution in [0.4, 0.5) is 0 Å². The number of hydrazine groups is 1. The van der Waals surface area contributed by atoms with Gasteiger partial charge in [0.15, 0.2) is 5.69 Å². The van der Waals surface area contributed by atoms with Crippen molar-refractivity contribution in [1.82, 2.24) is 25.6 Å². The van der Waals surface area contributed by atoms with Crippen LogP contribution in [0.25, 0.3) is 10.8 Å². The van der Waals surface area contributed by atoms with E-state index >= 15 is 0 Å². The number of hydrogen-bond donors (Lipinski definition) is 2. The number of aromatic nitrogens is 3. The van der Waals surface area contributed by atoms with Crippen LogP contribution in [0.15, 0.2) is 53.5 Å². The van der Waals surface area contributed by atoms with Gasteiger partial charge in [0, 0.05) is 17.3 Å². The summed E-state index contributed by atoms with van der Waals surface area (Å²) in [5, 5.41) is 5.04. The van der Waals surface area contributed by atoms with Gasteiger partial charge in [0.2, 0.25) is 5.91 Å². The van der Waals surface area contributed by atoms with Crippen LogP contribution in [0.3, 0.4) is 0 Å². The fourth-order valence-electron chi connectivity index (χ4n) is 2.68. The van der Waals surface area contributed by atoms with Crippen molar-refractivity contribution < 1.29 is 9.59 Å². The van der Waals surface area contributed by atoms with Crippen molar-refractivity contribution in [2.75, 3.05) is 5.75 Å². The number of fused-ring (bicyclic) bond motifs is 1. The lowest BCUT2D eigenvalue weighted by Gasteiger charge is -2.13. The summed E-state index contributed by atoms with van der Waals surface area (Å²) in [6.45, 7) is 3.62. The molecule has 1 aromatic carbocycles. The van der Waals surface area contributed by atoms with Gasteiger partial charge in [-0.15, -0.1) is 11.8 Å². The van der Waals surface area contributed by atoms with Crippen molar-refractivity contribution in [3.05, 3.63) is 70.4 Å². The Morgan fingerprint density at radius 2 is 1.79 bits per heavy atom. The molecule has 2 amide bonds. The Balaban J connectivity index is 1.66. The quantitative estimate of drug-likeness (QED) is 0.602. The summed E-state index contributed by atoms with van der Waals surface area (Å²) in [5.74, 6) is -0.177. The van der Waals surface area contributed by atoms with E-state index < -0.39 is 5.91 Å². The molecule has 0 unspecified atom stereocenters. The van der Waals surface area contributed by atoms with Crippen LogP contribution >= 0.6 is 11.8 Å². The number of carbonyl (C=O) groups is 2. The fourth-order valence-corrected chi connectivity index (χ4v) is 3.42. The molecular formula is C20H21N5O3S. The Morgan fingerprint density at radius 1 is 1.07 bits per heavy atom. The van der Waals surface area contributed by atoms with Crippen molar-refractivity contribution >= 4 is 34.3 Å². The van der Waals surface area contributed by atoms with E-state index in [2.05, 4.69) is 20.9 Å². The molecule has 0 fully saturated rings. The molecule has 150 valence electrons. The standard InChI is InChI=1S/C20H21N5O3S/c1-13(2)25-20(28)16-9-4-3-8-15(16)18(24-25)19(27)23-22-17(26)12-29-11-14-7-5-6-10-21-14/h3-10,13H,11-12H2,1-2H3,(H,22,26)(H,23,27). The predicted molar refractivity (Wildman–Crippen MR) is 112 cm³/mol. The zero-order valence-corrected chi connectivity index (χ0v) is 16.9. The second-order valence-electron chi connectivity index (χ2n) is 6.55. The number of nitrogens with one attached hydrogen (secondary N) is 2. The summed E-state index contributed by atoms with van der Waals surface area (Å²) < 4.78 is 1.27. The van der Waals surface area contributed by atoms with Crippen LogP contribution in [0.5, 0.6) is 0 Å².